The SMILES string of the molecule is CC1(C)OB(c2ccc3c(c2)-c2ccccc2C3(c2ccccc2)c2ccccc2)OC1(C)C. The highest BCUT2D eigenvalue weighted by Crippen LogP contribution is 2.55. The van der Waals surface area contributed by atoms with Crippen LogP contribution in [0.4, 0.5) is 0 Å². The Labute approximate surface area is 202 Å². The minimum absolute atomic E-state index is 0.369. The molecule has 0 amide bonds. The van der Waals surface area contributed by atoms with Crippen LogP contribution in [0.5, 0.6) is 0 Å². The number of benzene rings is 4. The topological polar surface area (TPSA) is 18.5 Å². The molecule has 1 aliphatic heterocycles. The Hall–Kier alpha value is -3.14. The van der Waals surface area contributed by atoms with E-state index in [2.05, 4.69) is 131 Å². The first-order valence-corrected chi connectivity index (χ1v) is 12.1. The summed E-state index contributed by atoms with van der Waals surface area (Å²) in [7, 11) is -0.383. The van der Waals surface area contributed by atoms with Crippen molar-refractivity contribution in [2.45, 2.75) is 44.3 Å². The van der Waals surface area contributed by atoms with Crippen LogP contribution in [0.1, 0.15) is 49.9 Å². The fourth-order valence-electron chi connectivity index (χ4n) is 5.59. The van der Waals surface area contributed by atoms with Crippen molar-refractivity contribution in [2.75, 3.05) is 0 Å². The maximum atomic E-state index is 6.40. The van der Waals surface area contributed by atoms with Gasteiger partial charge in [-0.1, -0.05) is 103 Å². The first kappa shape index (κ1) is 21.4. The molecule has 0 atom stereocenters. The molecule has 1 aliphatic carbocycles. The quantitative estimate of drug-likeness (QED) is 0.302. The van der Waals surface area contributed by atoms with E-state index < -0.39 is 0 Å². The van der Waals surface area contributed by atoms with Crippen molar-refractivity contribution in [3.05, 3.63) is 125 Å². The van der Waals surface area contributed by atoms with Crippen molar-refractivity contribution >= 4 is 12.6 Å². The van der Waals surface area contributed by atoms with Crippen molar-refractivity contribution in [1.82, 2.24) is 0 Å². The van der Waals surface area contributed by atoms with Gasteiger partial charge in [0.05, 0.1) is 16.6 Å². The summed E-state index contributed by atoms with van der Waals surface area (Å²) in [6, 6.07) is 37.3. The highest BCUT2D eigenvalue weighted by molar-refractivity contribution is 6.62. The summed E-state index contributed by atoms with van der Waals surface area (Å²) >= 11 is 0. The molecular formula is C31H29BO2. The summed E-state index contributed by atoms with van der Waals surface area (Å²) in [6.07, 6.45) is 0. The van der Waals surface area contributed by atoms with Crippen molar-refractivity contribution in [3.8, 4) is 11.1 Å². The largest absolute Gasteiger partial charge is 0.494 e. The van der Waals surface area contributed by atoms with E-state index in [-0.39, 0.29) is 23.7 Å². The standard InChI is InChI=1S/C31H29BO2/c1-29(2)30(3,4)34-32(33-29)24-19-20-28-26(21-24)25-17-11-12-18-27(25)31(28,22-13-7-5-8-14-22)23-15-9-6-10-16-23/h5-21H,1-4H3. The molecule has 34 heavy (non-hydrogen) atoms. The van der Waals surface area contributed by atoms with E-state index >= 15 is 0 Å². The van der Waals surface area contributed by atoms with E-state index in [0.717, 1.165) is 5.46 Å². The molecule has 0 bridgehead atoms. The van der Waals surface area contributed by atoms with Crippen LogP contribution in [0, 0.1) is 0 Å². The van der Waals surface area contributed by atoms with E-state index in [4.69, 9.17) is 9.31 Å². The van der Waals surface area contributed by atoms with Crippen molar-refractivity contribution < 1.29 is 9.31 Å². The zero-order valence-corrected chi connectivity index (χ0v) is 20.2. The minimum atomic E-state index is -0.383. The lowest BCUT2D eigenvalue weighted by Crippen LogP contribution is -2.41. The molecule has 168 valence electrons. The van der Waals surface area contributed by atoms with E-state index in [1.54, 1.807) is 0 Å². The molecule has 2 nitrogen and oxygen atoms in total. The molecule has 1 fully saturated rings. The van der Waals surface area contributed by atoms with Crippen LogP contribution in [0.2, 0.25) is 0 Å². The highest BCUT2D eigenvalue weighted by atomic mass is 16.7. The fraction of sp³-hybridized carbons (Fsp3) is 0.226. The van der Waals surface area contributed by atoms with E-state index in [1.807, 2.05) is 0 Å². The Morgan fingerprint density at radius 1 is 0.529 bits per heavy atom. The lowest BCUT2D eigenvalue weighted by Gasteiger charge is -2.33. The van der Waals surface area contributed by atoms with Gasteiger partial charge >= 0.3 is 7.12 Å². The molecule has 0 saturated carbocycles. The molecule has 3 heteroatoms. The number of hydrogen-bond acceptors (Lipinski definition) is 2. The predicted octanol–water partition coefficient (Wildman–Crippen LogP) is 6.35. The Morgan fingerprint density at radius 3 is 1.62 bits per heavy atom. The van der Waals surface area contributed by atoms with E-state index in [0.29, 0.717) is 0 Å². The van der Waals surface area contributed by atoms with Crippen molar-refractivity contribution in [2.24, 2.45) is 0 Å². The van der Waals surface area contributed by atoms with Gasteiger partial charge in [-0.15, -0.1) is 0 Å². The van der Waals surface area contributed by atoms with Gasteiger partial charge in [0.25, 0.3) is 0 Å². The van der Waals surface area contributed by atoms with Gasteiger partial charge in [-0.2, -0.15) is 0 Å². The molecule has 0 N–H and O–H groups in total. The monoisotopic (exact) mass is 444 g/mol. The summed E-state index contributed by atoms with van der Waals surface area (Å²) in [5, 5.41) is 0. The van der Waals surface area contributed by atoms with Crippen LogP contribution in [-0.4, -0.2) is 18.3 Å². The van der Waals surface area contributed by atoms with Crippen LogP contribution >= 0.6 is 0 Å². The zero-order chi connectivity index (χ0) is 23.6. The second-order valence-corrected chi connectivity index (χ2v) is 10.4. The summed E-state index contributed by atoms with van der Waals surface area (Å²) < 4.78 is 12.8. The molecule has 0 aromatic heterocycles. The Kier molecular flexibility index (Phi) is 4.68. The molecule has 0 spiro atoms. The van der Waals surface area contributed by atoms with Crippen LogP contribution in [0.3, 0.4) is 0 Å². The van der Waals surface area contributed by atoms with Gasteiger partial charge in [0, 0.05) is 0 Å². The van der Waals surface area contributed by atoms with Crippen LogP contribution in [-0.2, 0) is 14.7 Å². The molecule has 1 saturated heterocycles. The van der Waals surface area contributed by atoms with Gasteiger partial charge < -0.3 is 9.31 Å². The lowest BCUT2D eigenvalue weighted by molar-refractivity contribution is 0.00578. The Bertz CT molecular complexity index is 1300. The van der Waals surface area contributed by atoms with Crippen LogP contribution < -0.4 is 5.46 Å². The lowest BCUT2D eigenvalue weighted by atomic mass is 9.67. The predicted molar refractivity (Wildman–Crippen MR) is 139 cm³/mol. The van der Waals surface area contributed by atoms with E-state index in [9.17, 15) is 0 Å². The second kappa shape index (κ2) is 7.43. The van der Waals surface area contributed by atoms with Crippen LogP contribution in [0.25, 0.3) is 11.1 Å². The van der Waals surface area contributed by atoms with Crippen molar-refractivity contribution in [3.63, 3.8) is 0 Å². The maximum absolute atomic E-state index is 6.40. The molecule has 1 heterocycles. The van der Waals surface area contributed by atoms with Crippen molar-refractivity contribution in [1.29, 1.82) is 0 Å². The van der Waals surface area contributed by atoms with E-state index in [1.165, 1.54) is 33.4 Å². The molecule has 4 aromatic rings. The third-order valence-corrected chi connectivity index (χ3v) is 8.01. The number of rotatable bonds is 3. The third kappa shape index (κ3) is 2.90. The maximum Gasteiger partial charge on any atom is 0.494 e. The summed E-state index contributed by atoms with van der Waals surface area (Å²) in [5.74, 6) is 0. The summed E-state index contributed by atoms with van der Waals surface area (Å²) in [6.45, 7) is 8.41. The molecule has 4 aromatic carbocycles. The van der Waals surface area contributed by atoms with Crippen LogP contribution in [0.15, 0.2) is 103 Å². The molecular weight excluding hydrogens is 415 g/mol. The zero-order valence-electron chi connectivity index (χ0n) is 20.2. The summed E-state index contributed by atoms with van der Waals surface area (Å²) in [5.41, 5.74) is 7.62. The van der Waals surface area contributed by atoms with Gasteiger partial charge in [-0.25, -0.2) is 0 Å². The number of hydrogen-bond donors (Lipinski definition) is 0. The fourth-order valence-corrected chi connectivity index (χ4v) is 5.59. The molecule has 0 unspecified atom stereocenters. The Balaban J connectivity index is 1.61. The normalized spacial score (nSPS) is 19.0. The molecule has 0 radical (unpaired) electrons. The first-order valence-electron chi connectivity index (χ1n) is 12.1. The average molecular weight is 444 g/mol. The third-order valence-electron chi connectivity index (χ3n) is 8.01. The van der Waals surface area contributed by atoms with Gasteiger partial charge in [0.2, 0.25) is 0 Å². The molecule has 6 rings (SSSR count). The van der Waals surface area contributed by atoms with Gasteiger partial charge in [0.15, 0.2) is 0 Å². The first-order chi connectivity index (χ1) is 16.3. The minimum Gasteiger partial charge on any atom is -0.399 e. The van der Waals surface area contributed by atoms with Gasteiger partial charge in [-0.05, 0) is 66.5 Å². The van der Waals surface area contributed by atoms with Gasteiger partial charge in [-0.3, -0.25) is 0 Å². The smallest absolute Gasteiger partial charge is 0.399 e. The second-order valence-electron chi connectivity index (χ2n) is 10.4. The summed E-state index contributed by atoms with van der Waals surface area (Å²) in [4.78, 5) is 0. The Morgan fingerprint density at radius 2 is 1.03 bits per heavy atom. The van der Waals surface area contributed by atoms with Gasteiger partial charge in [0.1, 0.15) is 0 Å². The average Bonchev–Trinajstić information content (AvgIpc) is 3.27. The number of fused-ring (bicyclic) bond motifs is 3. The molecule has 2 aliphatic rings. The highest BCUT2D eigenvalue weighted by Gasteiger charge is 2.52.